The quantitative estimate of drug-likeness (QED) is 0.699. The lowest BCUT2D eigenvalue weighted by Gasteiger charge is -2.35. The molecule has 0 aromatic heterocycles. The zero-order valence-corrected chi connectivity index (χ0v) is 10.8. The van der Waals surface area contributed by atoms with E-state index in [1.807, 2.05) is 13.8 Å². The maximum absolute atomic E-state index is 9.46. The van der Waals surface area contributed by atoms with E-state index >= 15 is 0 Å². The molecule has 2 aliphatic rings. The Bertz CT molecular complexity index is 259. The van der Waals surface area contributed by atoms with Crippen LogP contribution in [0.5, 0.6) is 0 Å². The van der Waals surface area contributed by atoms with E-state index in [-0.39, 0.29) is 24.4 Å². The summed E-state index contributed by atoms with van der Waals surface area (Å²) in [6, 6.07) is 0. The maximum Gasteiger partial charge on any atom is 0.637 e. The van der Waals surface area contributed by atoms with Crippen LogP contribution in [0.15, 0.2) is 0 Å². The molecule has 2 saturated heterocycles. The Morgan fingerprint density at radius 1 is 0.944 bits per heavy atom. The van der Waals surface area contributed by atoms with E-state index in [4.69, 9.17) is 18.6 Å². The van der Waals surface area contributed by atoms with E-state index in [2.05, 4.69) is 0 Å². The standard InChI is InChI=1S/C10H20B2O6/c1-3-8-5-10(18-12(14)16-8)6-9-4-7(2)15-11(13)17-9/h7-10,13-14H,3-6H2,1-2H3. The van der Waals surface area contributed by atoms with Gasteiger partial charge in [-0.1, -0.05) is 6.92 Å². The molecule has 4 atom stereocenters. The molecular weight excluding hydrogens is 238 g/mol. The fraction of sp³-hybridized carbons (Fsp3) is 1.00. The molecule has 0 aromatic carbocycles. The SMILES string of the molecule is CCC1CC(CC2CC(C)OB(O)O2)OB(O)O1. The van der Waals surface area contributed by atoms with Crippen molar-refractivity contribution in [3.8, 4) is 0 Å². The Balaban J connectivity index is 1.84. The zero-order chi connectivity index (χ0) is 13.1. The third-order valence-corrected chi connectivity index (χ3v) is 3.38. The molecule has 0 radical (unpaired) electrons. The highest BCUT2D eigenvalue weighted by molar-refractivity contribution is 6.35. The highest BCUT2D eigenvalue weighted by Crippen LogP contribution is 2.25. The van der Waals surface area contributed by atoms with Gasteiger partial charge in [0.05, 0.1) is 12.2 Å². The molecule has 2 heterocycles. The highest BCUT2D eigenvalue weighted by atomic mass is 16.7. The molecule has 0 amide bonds. The van der Waals surface area contributed by atoms with Crippen LogP contribution in [0.3, 0.4) is 0 Å². The second-order valence-electron chi connectivity index (χ2n) is 4.95. The van der Waals surface area contributed by atoms with Gasteiger partial charge in [0, 0.05) is 12.2 Å². The van der Waals surface area contributed by atoms with Gasteiger partial charge in [0.25, 0.3) is 0 Å². The second kappa shape index (κ2) is 6.36. The van der Waals surface area contributed by atoms with Gasteiger partial charge in [0.2, 0.25) is 0 Å². The monoisotopic (exact) mass is 258 g/mol. The van der Waals surface area contributed by atoms with Gasteiger partial charge in [-0.2, -0.15) is 0 Å². The van der Waals surface area contributed by atoms with E-state index in [1.165, 1.54) is 0 Å². The number of hydrogen-bond acceptors (Lipinski definition) is 6. The molecule has 2 N–H and O–H groups in total. The molecule has 6 nitrogen and oxygen atoms in total. The molecular formula is C10H20B2O6. The first-order chi connectivity index (χ1) is 8.56. The molecule has 0 spiro atoms. The third kappa shape index (κ3) is 3.94. The Labute approximate surface area is 108 Å². The first-order valence-electron chi connectivity index (χ1n) is 6.54. The predicted molar refractivity (Wildman–Crippen MR) is 65.3 cm³/mol. The summed E-state index contributed by atoms with van der Waals surface area (Å²) in [4.78, 5) is 0. The van der Waals surface area contributed by atoms with Gasteiger partial charge in [-0.25, -0.2) is 0 Å². The third-order valence-electron chi connectivity index (χ3n) is 3.38. The lowest BCUT2D eigenvalue weighted by Crippen LogP contribution is -2.46. The van der Waals surface area contributed by atoms with Crippen LogP contribution < -0.4 is 0 Å². The van der Waals surface area contributed by atoms with Crippen LogP contribution in [0.1, 0.15) is 39.5 Å². The molecule has 0 aromatic rings. The van der Waals surface area contributed by atoms with Crippen molar-refractivity contribution in [3.05, 3.63) is 0 Å². The fourth-order valence-electron chi connectivity index (χ4n) is 2.50. The zero-order valence-electron chi connectivity index (χ0n) is 10.8. The molecule has 4 unspecified atom stereocenters. The Hall–Kier alpha value is -0.110. The minimum Gasteiger partial charge on any atom is -0.402 e. The van der Waals surface area contributed by atoms with Crippen LogP contribution in [-0.2, 0) is 18.6 Å². The van der Waals surface area contributed by atoms with Crippen LogP contribution in [0.4, 0.5) is 0 Å². The van der Waals surface area contributed by atoms with Crippen LogP contribution in [0.25, 0.3) is 0 Å². The van der Waals surface area contributed by atoms with E-state index in [0.29, 0.717) is 12.8 Å². The summed E-state index contributed by atoms with van der Waals surface area (Å²) >= 11 is 0. The summed E-state index contributed by atoms with van der Waals surface area (Å²) in [6.07, 6.45) is 2.67. The largest absolute Gasteiger partial charge is 0.637 e. The first kappa shape index (κ1) is 14.3. The summed E-state index contributed by atoms with van der Waals surface area (Å²) in [5.41, 5.74) is 0. The van der Waals surface area contributed by atoms with Gasteiger partial charge in [-0.05, 0) is 32.6 Å². The Morgan fingerprint density at radius 3 is 2.11 bits per heavy atom. The van der Waals surface area contributed by atoms with Gasteiger partial charge in [0.15, 0.2) is 0 Å². The van der Waals surface area contributed by atoms with Gasteiger partial charge in [0.1, 0.15) is 0 Å². The lowest BCUT2D eigenvalue weighted by atomic mass is 9.94. The van der Waals surface area contributed by atoms with E-state index < -0.39 is 14.6 Å². The predicted octanol–water partition coefficient (Wildman–Crippen LogP) is 0.109. The van der Waals surface area contributed by atoms with Crippen molar-refractivity contribution in [1.82, 2.24) is 0 Å². The van der Waals surface area contributed by atoms with E-state index in [1.54, 1.807) is 0 Å². The van der Waals surface area contributed by atoms with Crippen LogP contribution in [-0.4, -0.2) is 49.1 Å². The molecule has 0 bridgehead atoms. The minimum absolute atomic E-state index is 0.0148. The summed E-state index contributed by atoms with van der Waals surface area (Å²) in [5, 5.41) is 18.8. The van der Waals surface area contributed by atoms with Crippen molar-refractivity contribution in [2.24, 2.45) is 0 Å². The van der Waals surface area contributed by atoms with E-state index in [9.17, 15) is 10.0 Å². The molecule has 0 aliphatic carbocycles. The van der Waals surface area contributed by atoms with Crippen molar-refractivity contribution in [3.63, 3.8) is 0 Å². The molecule has 102 valence electrons. The van der Waals surface area contributed by atoms with Crippen molar-refractivity contribution in [1.29, 1.82) is 0 Å². The molecule has 2 aliphatic heterocycles. The van der Waals surface area contributed by atoms with Crippen molar-refractivity contribution in [2.75, 3.05) is 0 Å². The van der Waals surface area contributed by atoms with Crippen molar-refractivity contribution >= 4 is 14.6 Å². The van der Waals surface area contributed by atoms with Crippen LogP contribution >= 0.6 is 0 Å². The highest BCUT2D eigenvalue weighted by Gasteiger charge is 2.37. The van der Waals surface area contributed by atoms with Crippen molar-refractivity contribution in [2.45, 2.75) is 63.9 Å². The first-order valence-corrected chi connectivity index (χ1v) is 6.54. The fourth-order valence-corrected chi connectivity index (χ4v) is 2.50. The van der Waals surface area contributed by atoms with Gasteiger partial charge >= 0.3 is 14.6 Å². The summed E-state index contributed by atoms with van der Waals surface area (Å²) in [7, 11) is -2.32. The van der Waals surface area contributed by atoms with Gasteiger partial charge in [-0.3, -0.25) is 0 Å². The van der Waals surface area contributed by atoms with Crippen molar-refractivity contribution < 1.29 is 28.7 Å². The average molecular weight is 258 g/mol. The van der Waals surface area contributed by atoms with Gasteiger partial charge < -0.3 is 28.7 Å². The summed E-state index contributed by atoms with van der Waals surface area (Å²) in [5.74, 6) is 0. The smallest absolute Gasteiger partial charge is 0.402 e. The lowest BCUT2D eigenvalue weighted by molar-refractivity contribution is -0.0601. The van der Waals surface area contributed by atoms with Crippen LogP contribution in [0, 0.1) is 0 Å². The molecule has 0 saturated carbocycles. The van der Waals surface area contributed by atoms with E-state index in [0.717, 1.165) is 12.8 Å². The number of rotatable bonds is 3. The van der Waals surface area contributed by atoms with Crippen LogP contribution in [0.2, 0.25) is 0 Å². The molecule has 18 heavy (non-hydrogen) atoms. The Kier molecular flexibility index (Phi) is 5.06. The molecule has 2 fully saturated rings. The molecule has 8 heteroatoms. The maximum atomic E-state index is 9.46. The second-order valence-corrected chi connectivity index (χ2v) is 4.95. The Morgan fingerprint density at radius 2 is 1.50 bits per heavy atom. The summed E-state index contributed by atoms with van der Waals surface area (Å²) in [6.45, 7) is 3.91. The summed E-state index contributed by atoms with van der Waals surface area (Å²) < 4.78 is 20.9. The molecule has 2 rings (SSSR count). The topological polar surface area (TPSA) is 77.4 Å². The number of hydrogen-bond donors (Lipinski definition) is 2. The average Bonchev–Trinajstić information content (AvgIpc) is 2.26. The van der Waals surface area contributed by atoms with Gasteiger partial charge in [-0.15, -0.1) is 0 Å². The normalized spacial score (nSPS) is 38.0. The minimum atomic E-state index is -1.16.